The van der Waals surface area contributed by atoms with Crippen molar-refractivity contribution in [2.45, 2.75) is 13.3 Å². The molecule has 0 unspecified atom stereocenters. The van der Waals surface area contributed by atoms with Crippen molar-refractivity contribution in [1.82, 2.24) is 0 Å². The van der Waals surface area contributed by atoms with Crippen LogP contribution < -0.4 is 0 Å². The van der Waals surface area contributed by atoms with Crippen molar-refractivity contribution < 1.29 is 0 Å². The molecule has 0 saturated carbocycles. The summed E-state index contributed by atoms with van der Waals surface area (Å²) in [6.07, 6.45) is 3.46. The zero-order valence-corrected chi connectivity index (χ0v) is 9.21. The average molecular weight is 233 g/mol. The normalized spacial score (nSPS) is 9.75. The Hall–Kier alpha value is 1.57. The molecule has 0 rings (SSSR count). The van der Waals surface area contributed by atoms with E-state index >= 15 is 0 Å². The first kappa shape index (κ1) is 9.57. The summed E-state index contributed by atoms with van der Waals surface area (Å²) in [6, 6.07) is 0. The monoisotopic (exact) mass is 234 g/mol. The molecule has 8 heavy (non-hydrogen) atoms. The first-order chi connectivity index (χ1) is 3.91. The van der Waals surface area contributed by atoms with Gasteiger partial charge in [-0.05, 0) is 0 Å². The molecule has 4 heteroatoms. The molecular formula is C4H10S3Se. The van der Waals surface area contributed by atoms with Gasteiger partial charge < -0.3 is 0 Å². The predicted octanol–water partition coefficient (Wildman–Crippen LogP) is 2.68. The molecule has 0 saturated heterocycles. The van der Waals surface area contributed by atoms with Crippen LogP contribution in [0.3, 0.4) is 0 Å². The van der Waals surface area contributed by atoms with Crippen LogP contribution in [0.5, 0.6) is 0 Å². The van der Waals surface area contributed by atoms with Gasteiger partial charge in [0.05, 0.1) is 0 Å². The summed E-state index contributed by atoms with van der Waals surface area (Å²) >= 11 is 0.773. The van der Waals surface area contributed by atoms with Gasteiger partial charge in [0, 0.05) is 0 Å². The summed E-state index contributed by atoms with van der Waals surface area (Å²) < 4.78 is 0. The van der Waals surface area contributed by atoms with Crippen LogP contribution in [-0.2, 0) is 0 Å². The van der Waals surface area contributed by atoms with Crippen LogP contribution in [0.15, 0.2) is 0 Å². The second-order valence-electron chi connectivity index (χ2n) is 1.12. The fourth-order valence-corrected chi connectivity index (χ4v) is 9.54. The molecule has 0 bridgehead atoms. The van der Waals surface area contributed by atoms with E-state index in [9.17, 15) is 0 Å². The molecule has 50 valence electrons. The van der Waals surface area contributed by atoms with Crippen molar-refractivity contribution in [3.63, 3.8) is 0 Å². The fraction of sp³-hybridized carbons (Fsp3) is 1.00. The Morgan fingerprint density at radius 3 is 2.75 bits per heavy atom. The van der Waals surface area contributed by atoms with Crippen LogP contribution in [0, 0.1) is 0 Å². The molecular weight excluding hydrogens is 223 g/mol. The maximum absolute atomic E-state index is 2.23. The van der Waals surface area contributed by atoms with Crippen molar-refractivity contribution in [3.05, 3.63) is 0 Å². The van der Waals surface area contributed by atoms with Gasteiger partial charge in [-0.25, -0.2) is 0 Å². The van der Waals surface area contributed by atoms with Crippen molar-refractivity contribution >= 4 is 42.9 Å². The standard InChI is InChI=1S/C4H10S3Se/c1-3-4-6-8-7-5-2/h3-4H2,1-2H3. The molecule has 0 aliphatic carbocycles. The second-order valence-corrected chi connectivity index (χ2v) is 10.8. The predicted molar refractivity (Wildman–Crippen MR) is 49.6 cm³/mol. The fourth-order valence-electron chi connectivity index (χ4n) is 0.165. The Morgan fingerprint density at radius 2 is 2.25 bits per heavy atom. The molecule has 0 N–H and O–H groups in total. The minimum atomic E-state index is 0.773. The molecule has 0 aliphatic rings. The van der Waals surface area contributed by atoms with E-state index in [1.807, 2.05) is 20.0 Å². The summed E-state index contributed by atoms with van der Waals surface area (Å²) in [4.78, 5) is 0. The molecule has 0 radical (unpaired) electrons. The Labute approximate surface area is 68.0 Å². The first-order valence-corrected chi connectivity index (χ1v) is 9.99. The Bertz CT molecular complexity index is 36.3. The van der Waals surface area contributed by atoms with E-state index in [2.05, 4.69) is 23.4 Å². The van der Waals surface area contributed by atoms with Gasteiger partial charge in [-0.15, -0.1) is 0 Å². The van der Waals surface area contributed by atoms with E-state index in [1.54, 1.807) is 0 Å². The summed E-state index contributed by atoms with van der Waals surface area (Å²) in [5.74, 6) is 1.34. The Balaban J connectivity index is 2.53. The summed E-state index contributed by atoms with van der Waals surface area (Å²) in [6.45, 7) is 2.23. The number of rotatable bonds is 5. The van der Waals surface area contributed by atoms with Gasteiger partial charge >= 0.3 is 68.3 Å². The molecule has 0 nitrogen and oxygen atoms in total. The van der Waals surface area contributed by atoms with Gasteiger partial charge in [-0.3, -0.25) is 0 Å². The van der Waals surface area contributed by atoms with Crippen LogP contribution in [0.4, 0.5) is 0 Å². The summed E-state index contributed by atoms with van der Waals surface area (Å²) in [5, 5.41) is 0. The number of hydrogen-bond acceptors (Lipinski definition) is 3. The van der Waals surface area contributed by atoms with Gasteiger partial charge in [0.25, 0.3) is 0 Å². The molecule has 0 heterocycles. The first-order valence-electron chi connectivity index (χ1n) is 2.40. The van der Waals surface area contributed by atoms with Crippen LogP contribution >= 0.6 is 30.2 Å². The molecule has 0 aliphatic heterocycles. The van der Waals surface area contributed by atoms with E-state index in [1.165, 1.54) is 12.2 Å². The van der Waals surface area contributed by atoms with E-state index in [-0.39, 0.29) is 0 Å². The molecule has 0 aromatic heterocycles. The summed E-state index contributed by atoms with van der Waals surface area (Å²) in [7, 11) is 5.95. The third-order valence-corrected chi connectivity index (χ3v) is 11.2. The van der Waals surface area contributed by atoms with Gasteiger partial charge in [-0.1, -0.05) is 0 Å². The van der Waals surface area contributed by atoms with Gasteiger partial charge in [0.2, 0.25) is 0 Å². The quantitative estimate of drug-likeness (QED) is 0.407. The third-order valence-electron chi connectivity index (χ3n) is 0.431. The van der Waals surface area contributed by atoms with E-state index < -0.39 is 0 Å². The van der Waals surface area contributed by atoms with Crippen molar-refractivity contribution in [2.24, 2.45) is 0 Å². The molecule has 0 aromatic carbocycles. The van der Waals surface area contributed by atoms with Crippen molar-refractivity contribution in [1.29, 1.82) is 0 Å². The van der Waals surface area contributed by atoms with Gasteiger partial charge in [0.15, 0.2) is 0 Å². The van der Waals surface area contributed by atoms with E-state index in [0.717, 1.165) is 12.7 Å². The van der Waals surface area contributed by atoms with E-state index in [0.29, 0.717) is 0 Å². The van der Waals surface area contributed by atoms with Crippen LogP contribution in [-0.4, -0.2) is 24.7 Å². The van der Waals surface area contributed by atoms with E-state index in [4.69, 9.17) is 0 Å². The second kappa shape index (κ2) is 8.57. The SMILES string of the molecule is CCCS[Se]SSC. The van der Waals surface area contributed by atoms with Crippen molar-refractivity contribution in [3.8, 4) is 0 Å². The van der Waals surface area contributed by atoms with Crippen LogP contribution in [0.2, 0.25) is 0 Å². The number of hydrogen-bond donors (Lipinski definition) is 0. The molecule has 0 spiro atoms. The van der Waals surface area contributed by atoms with Crippen LogP contribution in [0.1, 0.15) is 13.3 Å². The zero-order chi connectivity index (χ0) is 6.24. The van der Waals surface area contributed by atoms with Crippen LogP contribution in [0.25, 0.3) is 0 Å². The zero-order valence-electron chi connectivity index (χ0n) is 5.05. The summed E-state index contributed by atoms with van der Waals surface area (Å²) in [5.41, 5.74) is 0. The van der Waals surface area contributed by atoms with Crippen molar-refractivity contribution in [2.75, 3.05) is 12.0 Å². The topological polar surface area (TPSA) is 0 Å². The average Bonchev–Trinajstić information content (AvgIpc) is 1.81. The van der Waals surface area contributed by atoms with Gasteiger partial charge in [0.1, 0.15) is 0 Å². The third kappa shape index (κ3) is 7.57. The molecule has 0 aromatic rings. The Kier molecular flexibility index (Phi) is 10.3. The Morgan fingerprint density at radius 1 is 1.50 bits per heavy atom. The van der Waals surface area contributed by atoms with Gasteiger partial charge in [-0.2, -0.15) is 0 Å². The minimum absolute atomic E-state index is 0.773. The molecule has 0 amide bonds. The molecule has 0 atom stereocenters. The molecule has 0 fully saturated rings. The maximum atomic E-state index is 2.23.